The van der Waals surface area contributed by atoms with E-state index in [1.54, 1.807) is 0 Å². The number of allylic oxidation sites excluding steroid dienone is 2. The summed E-state index contributed by atoms with van der Waals surface area (Å²) in [5.41, 5.74) is 0. The summed E-state index contributed by atoms with van der Waals surface area (Å²) in [5.74, 6) is 0. The highest BCUT2D eigenvalue weighted by Gasteiger charge is 2.05. The molecular formula is C10H20NSi. The van der Waals surface area contributed by atoms with E-state index in [0.717, 1.165) is 6.54 Å². The molecule has 0 aliphatic heterocycles. The minimum absolute atomic E-state index is 0.266. The Labute approximate surface area is 78.2 Å². The zero-order chi connectivity index (χ0) is 9.23. The van der Waals surface area contributed by atoms with Crippen LogP contribution in [0.2, 0.25) is 12.1 Å². The lowest BCUT2D eigenvalue weighted by molar-refractivity contribution is 0.744. The maximum absolute atomic E-state index is 3.77. The highest BCUT2D eigenvalue weighted by Crippen LogP contribution is 1.99. The van der Waals surface area contributed by atoms with Crippen molar-refractivity contribution >= 4 is 8.80 Å². The van der Waals surface area contributed by atoms with E-state index >= 15 is 0 Å². The van der Waals surface area contributed by atoms with Crippen molar-refractivity contribution in [1.29, 1.82) is 0 Å². The second-order valence-electron chi connectivity index (χ2n) is 2.91. The van der Waals surface area contributed by atoms with Crippen LogP contribution in [0.5, 0.6) is 0 Å². The molecule has 0 aromatic rings. The second kappa shape index (κ2) is 8.75. The molecule has 0 aliphatic carbocycles. The first kappa shape index (κ1) is 11.7. The molecule has 0 bridgehead atoms. The highest BCUT2D eigenvalue weighted by atomic mass is 28.3. The van der Waals surface area contributed by atoms with Crippen LogP contribution in [0.25, 0.3) is 0 Å². The molecule has 0 atom stereocenters. The van der Waals surface area contributed by atoms with Crippen molar-refractivity contribution in [3.05, 3.63) is 25.3 Å². The molecule has 1 nitrogen and oxygen atoms in total. The summed E-state index contributed by atoms with van der Waals surface area (Å²) < 4.78 is 0. The fraction of sp³-hybridized carbons (Fsp3) is 0.600. The highest BCUT2D eigenvalue weighted by molar-refractivity contribution is 6.60. The van der Waals surface area contributed by atoms with Crippen LogP contribution in [0.1, 0.15) is 13.3 Å². The third kappa shape index (κ3) is 6.37. The summed E-state index contributed by atoms with van der Waals surface area (Å²) in [6, 6.07) is 2.38. The minimum Gasteiger partial charge on any atom is -0.320 e. The summed E-state index contributed by atoms with van der Waals surface area (Å²) in [6.07, 6.45) is 6.48. The van der Waals surface area contributed by atoms with E-state index in [0.29, 0.717) is 0 Å². The normalized spacial score (nSPS) is 10.2. The van der Waals surface area contributed by atoms with Gasteiger partial charge in [-0.25, -0.2) is 0 Å². The Morgan fingerprint density at radius 3 is 2.25 bits per heavy atom. The van der Waals surface area contributed by atoms with Gasteiger partial charge in [-0.2, -0.15) is 0 Å². The number of rotatable bonds is 8. The quantitative estimate of drug-likeness (QED) is 0.345. The van der Waals surface area contributed by atoms with E-state index < -0.39 is 0 Å². The molecule has 0 unspecified atom stereocenters. The van der Waals surface area contributed by atoms with E-state index in [4.69, 9.17) is 0 Å². The van der Waals surface area contributed by atoms with Crippen LogP contribution in [-0.4, -0.2) is 21.5 Å². The molecule has 12 heavy (non-hydrogen) atoms. The van der Waals surface area contributed by atoms with E-state index in [2.05, 4.69) is 25.4 Å². The molecule has 0 rings (SSSR count). The third-order valence-corrected chi connectivity index (χ3v) is 4.15. The molecule has 2 heteroatoms. The van der Waals surface area contributed by atoms with Crippen LogP contribution >= 0.6 is 0 Å². The fourth-order valence-corrected chi connectivity index (χ4v) is 2.88. The molecule has 0 spiro atoms. The Kier molecular flexibility index (Phi) is 8.50. The van der Waals surface area contributed by atoms with Crippen LogP contribution in [0.4, 0.5) is 0 Å². The molecule has 0 heterocycles. The zero-order valence-electron chi connectivity index (χ0n) is 8.10. The van der Waals surface area contributed by atoms with Gasteiger partial charge in [-0.15, -0.1) is 13.2 Å². The van der Waals surface area contributed by atoms with Gasteiger partial charge in [0.05, 0.1) is 8.80 Å². The van der Waals surface area contributed by atoms with Gasteiger partial charge in [0.1, 0.15) is 0 Å². The average molecular weight is 182 g/mol. The molecule has 0 amide bonds. The smallest absolute Gasteiger partial charge is 0.0724 e. The third-order valence-electron chi connectivity index (χ3n) is 1.67. The largest absolute Gasteiger partial charge is 0.320 e. The van der Waals surface area contributed by atoms with Crippen LogP contribution in [-0.2, 0) is 0 Å². The Morgan fingerprint density at radius 2 is 1.83 bits per heavy atom. The molecule has 69 valence electrons. The number of hydrogen-bond donors (Lipinski definition) is 1. The van der Waals surface area contributed by atoms with Crippen LogP contribution in [0, 0.1) is 0 Å². The number of nitrogens with one attached hydrogen (secondary N) is 1. The molecule has 0 saturated carbocycles. The van der Waals surface area contributed by atoms with Crippen LogP contribution in [0.15, 0.2) is 25.3 Å². The Hall–Kier alpha value is -0.343. The average Bonchev–Trinajstić information content (AvgIpc) is 2.06. The van der Waals surface area contributed by atoms with Crippen molar-refractivity contribution in [2.24, 2.45) is 0 Å². The SMILES string of the molecule is C=CC[Si](CC=C)CNCCC. The summed E-state index contributed by atoms with van der Waals surface area (Å²) in [6.45, 7) is 10.9. The maximum Gasteiger partial charge on any atom is 0.0724 e. The van der Waals surface area contributed by atoms with Crippen molar-refractivity contribution in [2.45, 2.75) is 25.4 Å². The molecule has 1 radical (unpaired) electrons. The zero-order valence-corrected chi connectivity index (χ0v) is 9.10. The number of hydrogen-bond acceptors (Lipinski definition) is 1. The first-order chi connectivity index (χ1) is 5.85. The first-order valence-electron chi connectivity index (χ1n) is 4.61. The van der Waals surface area contributed by atoms with Crippen molar-refractivity contribution in [1.82, 2.24) is 5.32 Å². The molecule has 0 saturated heterocycles. The fourth-order valence-electron chi connectivity index (χ4n) is 1.08. The van der Waals surface area contributed by atoms with Crippen molar-refractivity contribution < 1.29 is 0 Å². The van der Waals surface area contributed by atoms with Crippen LogP contribution in [0.3, 0.4) is 0 Å². The monoisotopic (exact) mass is 182 g/mol. The second-order valence-corrected chi connectivity index (χ2v) is 5.58. The summed E-state index contributed by atoms with van der Waals surface area (Å²) in [7, 11) is -0.266. The van der Waals surface area contributed by atoms with Gasteiger partial charge in [0.15, 0.2) is 0 Å². The van der Waals surface area contributed by atoms with Crippen LogP contribution < -0.4 is 5.32 Å². The van der Waals surface area contributed by atoms with Gasteiger partial charge >= 0.3 is 0 Å². The van der Waals surface area contributed by atoms with E-state index in [1.165, 1.54) is 24.7 Å². The molecule has 0 aliphatic rings. The standard InChI is InChI=1S/C10H20NSi/c1-4-7-11-10-12(8-5-2)9-6-3/h5-6,11H,2-4,7-10H2,1H3. The van der Waals surface area contributed by atoms with Crippen molar-refractivity contribution in [3.63, 3.8) is 0 Å². The van der Waals surface area contributed by atoms with Gasteiger partial charge in [-0.05, 0) is 31.2 Å². The van der Waals surface area contributed by atoms with Gasteiger partial charge in [0.2, 0.25) is 0 Å². The van der Waals surface area contributed by atoms with Gasteiger partial charge in [0, 0.05) is 0 Å². The maximum atomic E-state index is 3.77. The minimum atomic E-state index is -0.266. The molecule has 1 N–H and O–H groups in total. The van der Waals surface area contributed by atoms with Gasteiger partial charge in [-0.1, -0.05) is 19.1 Å². The lowest BCUT2D eigenvalue weighted by Gasteiger charge is -2.10. The molecule has 0 aromatic carbocycles. The predicted molar refractivity (Wildman–Crippen MR) is 58.9 cm³/mol. The van der Waals surface area contributed by atoms with Gasteiger partial charge in [-0.3, -0.25) is 0 Å². The lowest BCUT2D eigenvalue weighted by Crippen LogP contribution is -2.30. The Balaban J connectivity index is 3.47. The van der Waals surface area contributed by atoms with Gasteiger partial charge < -0.3 is 5.32 Å². The Morgan fingerprint density at radius 1 is 1.25 bits per heavy atom. The first-order valence-corrected chi connectivity index (χ1v) is 6.73. The summed E-state index contributed by atoms with van der Waals surface area (Å²) >= 11 is 0. The topological polar surface area (TPSA) is 12.0 Å². The van der Waals surface area contributed by atoms with E-state index in [-0.39, 0.29) is 8.80 Å². The summed E-state index contributed by atoms with van der Waals surface area (Å²) in [4.78, 5) is 0. The van der Waals surface area contributed by atoms with Crippen molar-refractivity contribution in [3.8, 4) is 0 Å². The molecule has 0 aromatic heterocycles. The Bertz CT molecular complexity index is 113. The molecular weight excluding hydrogens is 162 g/mol. The molecule has 0 fully saturated rings. The lowest BCUT2D eigenvalue weighted by atomic mass is 10.5. The van der Waals surface area contributed by atoms with E-state index in [1.807, 2.05) is 12.2 Å². The van der Waals surface area contributed by atoms with Gasteiger partial charge in [0.25, 0.3) is 0 Å². The predicted octanol–water partition coefficient (Wildman–Crippen LogP) is 2.39. The van der Waals surface area contributed by atoms with Crippen molar-refractivity contribution in [2.75, 3.05) is 12.7 Å². The summed E-state index contributed by atoms with van der Waals surface area (Å²) in [5, 5.41) is 3.45. The van der Waals surface area contributed by atoms with E-state index in [9.17, 15) is 0 Å².